The molecule has 6 heteroatoms. The molecule has 0 unspecified atom stereocenters. The van der Waals surface area contributed by atoms with E-state index in [2.05, 4.69) is 5.32 Å². The summed E-state index contributed by atoms with van der Waals surface area (Å²) in [6.07, 6.45) is 0. The van der Waals surface area contributed by atoms with Gasteiger partial charge in [0, 0.05) is 11.1 Å². The second-order valence-corrected chi connectivity index (χ2v) is 5.82. The number of esters is 1. The number of methoxy groups -OCH3 is 1. The van der Waals surface area contributed by atoms with Gasteiger partial charge in [-0.25, -0.2) is 4.79 Å². The molecule has 1 atom stereocenters. The highest BCUT2D eigenvalue weighted by Crippen LogP contribution is 2.12. The van der Waals surface area contributed by atoms with Crippen molar-refractivity contribution < 1.29 is 23.9 Å². The minimum atomic E-state index is -0.869. The van der Waals surface area contributed by atoms with Crippen LogP contribution in [0.25, 0.3) is 0 Å². The number of hydrogen-bond donors (Lipinski definition) is 1. The van der Waals surface area contributed by atoms with E-state index < -0.39 is 18.6 Å². The minimum Gasteiger partial charge on any atom is -0.497 e. The summed E-state index contributed by atoms with van der Waals surface area (Å²) in [4.78, 5) is 36.2. The topological polar surface area (TPSA) is 81.7 Å². The van der Waals surface area contributed by atoms with E-state index in [0.717, 1.165) is 5.56 Å². The maximum atomic E-state index is 12.1. The zero-order valence-corrected chi connectivity index (χ0v) is 14.9. The number of ketones is 1. The Bertz CT molecular complexity index is 798. The van der Waals surface area contributed by atoms with Crippen LogP contribution in [0, 0.1) is 6.92 Å². The molecule has 136 valence electrons. The van der Waals surface area contributed by atoms with E-state index in [1.54, 1.807) is 42.5 Å². The predicted molar refractivity (Wildman–Crippen MR) is 96.4 cm³/mol. The average Bonchev–Trinajstić information content (AvgIpc) is 2.65. The number of aryl methyl sites for hydroxylation is 1. The fraction of sp³-hybridized carbons (Fsp3) is 0.250. The standard InChI is InChI=1S/C20H21NO5/c1-13-5-4-6-16(11-13)19(23)21-14(2)20(24)26-12-18(22)15-7-9-17(25-3)10-8-15/h4-11,14H,12H2,1-3H3,(H,21,23)/t14-/m0/s1. The van der Waals surface area contributed by atoms with Gasteiger partial charge >= 0.3 is 5.97 Å². The van der Waals surface area contributed by atoms with Crippen LogP contribution in [0.4, 0.5) is 0 Å². The lowest BCUT2D eigenvalue weighted by Gasteiger charge is -2.13. The third kappa shape index (κ3) is 5.17. The summed E-state index contributed by atoms with van der Waals surface area (Å²) in [6, 6.07) is 12.6. The molecular formula is C20H21NO5. The first-order valence-electron chi connectivity index (χ1n) is 8.12. The predicted octanol–water partition coefficient (Wildman–Crippen LogP) is 2.55. The summed E-state index contributed by atoms with van der Waals surface area (Å²) < 4.78 is 10.0. The Morgan fingerprint density at radius 3 is 2.35 bits per heavy atom. The normalized spacial score (nSPS) is 11.3. The van der Waals surface area contributed by atoms with Crippen molar-refractivity contribution in [1.29, 1.82) is 0 Å². The van der Waals surface area contributed by atoms with Gasteiger partial charge in [-0.2, -0.15) is 0 Å². The lowest BCUT2D eigenvalue weighted by Crippen LogP contribution is -2.40. The molecule has 0 aliphatic heterocycles. The molecule has 1 amide bonds. The first-order chi connectivity index (χ1) is 12.4. The summed E-state index contributed by atoms with van der Waals surface area (Å²) in [7, 11) is 1.53. The van der Waals surface area contributed by atoms with E-state index in [4.69, 9.17) is 9.47 Å². The van der Waals surface area contributed by atoms with Gasteiger partial charge in [0.05, 0.1) is 7.11 Å². The Morgan fingerprint density at radius 1 is 1.04 bits per heavy atom. The van der Waals surface area contributed by atoms with Crippen molar-refractivity contribution >= 4 is 17.7 Å². The third-order valence-corrected chi connectivity index (χ3v) is 3.74. The molecule has 0 spiro atoms. The van der Waals surface area contributed by atoms with Crippen molar-refractivity contribution in [2.45, 2.75) is 19.9 Å². The van der Waals surface area contributed by atoms with Crippen molar-refractivity contribution in [1.82, 2.24) is 5.32 Å². The molecule has 0 aliphatic rings. The lowest BCUT2D eigenvalue weighted by atomic mass is 10.1. The second-order valence-electron chi connectivity index (χ2n) is 5.82. The molecule has 0 bridgehead atoms. The van der Waals surface area contributed by atoms with Crippen LogP contribution in [0.3, 0.4) is 0 Å². The van der Waals surface area contributed by atoms with Crippen LogP contribution in [0.5, 0.6) is 5.75 Å². The highest BCUT2D eigenvalue weighted by Gasteiger charge is 2.19. The van der Waals surface area contributed by atoms with Crippen LogP contribution in [0.15, 0.2) is 48.5 Å². The molecule has 0 aliphatic carbocycles. The van der Waals surface area contributed by atoms with E-state index in [0.29, 0.717) is 16.9 Å². The van der Waals surface area contributed by atoms with Crippen molar-refractivity contribution in [3.63, 3.8) is 0 Å². The van der Waals surface area contributed by atoms with Gasteiger partial charge in [0.2, 0.25) is 0 Å². The molecule has 2 rings (SSSR count). The van der Waals surface area contributed by atoms with Gasteiger partial charge < -0.3 is 14.8 Å². The molecule has 2 aromatic carbocycles. The molecule has 0 heterocycles. The van der Waals surface area contributed by atoms with Crippen LogP contribution in [-0.2, 0) is 9.53 Å². The number of Topliss-reactive ketones (excluding diaryl/α,β-unsaturated/α-hetero) is 1. The molecular weight excluding hydrogens is 334 g/mol. The fourth-order valence-electron chi connectivity index (χ4n) is 2.25. The third-order valence-electron chi connectivity index (χ3n) is 3.74. The fourth-order valence-corrected chi connectivity index (χ4v) is 2.25. The van der Waals surface area contributed by atoms with Gasteiger partial charge in [0.25, 0.3) is 5.91 Å². The quantitative estimate of drug-likeness (QED) is 0.610. The molecule has 1 N–H and O–H groups in total. The Labute approximate surface area is 152 Å². The van der Waals surface area contributed by atoms with Crippen molar-refractivity contribution in [2.24, 2.45) is 0 Å². The molecule has 0 saturated carbocycles. The molecule has 6 nitrogen and oxygen atoms in total. The first-order valence-corrected chi connectivity index (χ1v) is 8.12. The zero-order chi connectivity index (χ0) is 19.1. The molecule has 0 saturated heterocycles. The number of ether oxygens (including phenoxy) is 2. The smallest absolute Gasteiger partial charge is 0.328 e. The average molecular weight is 355 g/mol. The Balaban J connectivity index is 1.86. The molecule has 26 heavy (non-hydrogen) atoms. The van der Waals surface area contributed by atoms with Gasteiger partial charge in [-0.1, -0.05) is 17.7 Å². The van der Waals surface area contributed by atoms with Crippen LogP contribution in [-0.4, -0.2) is 37.4 Å². The number of carbonyl (C=O) groups excluding carboxylic acids is 3. The number of nitrogens with one attached hydrogen (secondary N) is 1. The monoisotopic (exact) mass is 355 g/mol. The first kappa shape index (κ1) is 19.2. The maximum absolute atomic E-state index is 12.1. The summed E-state index contributed by atoms with van der Waals surface area (Å²) in [5.74, 6) is -0.753. The summed E-state index contributed by atoms with van der Waals surface area (Å²) in [6.45, 7) is 2.99. The SMILES string of the molecule is COc1ccc(C(=O)COC(=O)[C@H](C)NC(=O)c2cccc(C)c2)cc1. The number of rotatable bonds is 7. The van der Waals surface area contributed by atoms with Gasteiger partial charge in [0.1, 0.15) is 11.8 Å². The molecule has 0 fully saturated rings. The molecule has 2 aromatic rings. The van der Waals surface area contributed by atoms with E-state index >= 15 is 0 Å². The number of hydrogen-bond acceptors (Lipinski definition) is 5. The van der Waals surface area contributed by atoms with Gasteiger partial charge in [0.15, 0.2) is 12.4 Å². The second kappa shape index (κ2) is 8.80. The van der Waals surface area contributed by atoms with E-state index in [-0.39, 0.29) is 11.7 Å². The zero-order valence-electron chi connectivity index (χ0n) is 14.9. The van der Waals surface area contributed by atoms with Crippen molar-refractivity contribution in [3.05, 3.63) is 65.2 Å². The highest BCUT2D eigenvalue weighted by atomic mass is 16.5. The lowest BCUT2D eigenvalue weighted by molar-refractivity contribution is -0.144. The Hall–Kier alpha value is -3.15. The van der Waals surface area contributed by atoms with Crippen LogP contribution >= 0.6 is 0 Å². The number of carbonyl (C=O) groups is 3. The van der Waals surface area contributed by atoms with E-state index in [1.807, 2.05) is 13.0 Å². The van der Waals surface area contributed by atoms with Gasteiger partial charge in [-0.15, -0.1) is 0 Å². The Kier molecular flexibility index (Phi) is 6.49. The van der Waals surface area contributed by atoms with Crippen LogP contribution < -0.4 is 10.1 Å². The molecule has 0 radical (unpaired) electrons. The summed E-state index contributed by atoms with van der Waals surface area (Å²) >= 11 is 0. The van der Waals surface area contributed by atoms with Gasteiger partial charge in [-0.3, -0.25) is 9.59 Å². The summed E-state index contributed by atoms with van der Waals surface area (Å²) in [5.41, 5.74) is 1.81. The summed E-state index contributed by atoms with van der Waals surface area (Å²) in [5, 5.41) is 2.56. The largest absolute Gasteiger partial charge is 0.497 e. The number of benzene rings is 2. The van der Waals surface area contributed by atoms with Crippen LogP contribution in [0.2, 0.25) is 0 Å². The van der Waals surface area contributed by atoms with Gasteiger partial charge in [-0.05, 0) is 50.2 Å². The van der Waals surface area contributed by atoms with E-state index in [9.17, 15) is 14.4 Å². The Morgan fingerprint density at radius 2 is 1.73 bits per heavy atom. The highest BCUT2D eigenvalue weighted by molar-refractivity contribution is 5.99. The van der Waals surface area contributed by atoms with Crippen LogP contribution in [0.1, 0.15) is 33.2 Å². The maximum Gasteiger partial charge on any atom is 0.328 e. The van der Waals surface area contributed by atoms with E-state index in [1.165, 1.54) is 14.0 Å². The van der Waals surface area contributed by atoms with Crippen molar-refractivity contribution in [2.75, 3.05) is 13.7 Å². The number of amides is 1. The molecule has 0 aromatic heterocycles. The van der Waals surface area contributed by atoms with Crippen molar-refractivity contribution in [3.8, 4) is 5.75 Å². The minimum absolute atomic E-state index is 0.335.